The van der Waals surface area contributed by atoms with Crippen molar-refractivity contribution in [1.29, 1.82) is 0 Å². The van der Waals surface area contributed by atoms with Crippen LogP contribution in [0.4, 0.5) is 10.5 Å². The van der Waals surface area contributed by atoms with E-state index < -0.39 is 0 Å². The molecule has 1 unspecified atom stereocenters. The number of piperidine rings is 1. The molecule has 0 bridgehead atoms. The highest BCUT2D eigenvalue weighted by Crippen LogP contribution is 2.26. The first-order chi connectivity index (χ1) is 12.1. The smallest absolute Gasteiger partial charge is 0.321 e. The topological polar surface area (TPSA) is 97.3 Å². The maximum Gasteiger partial charge on any atom is 0.321 e. The van der Waals surface area contributed by atoms with Gasteiger partial charge in [0.2, 0.25) is 5.89 Å². The number of fused-ring (bicyclic) bond motifs is 1. The van der Waals surface area contributed by atoms with Gasteiger partial charge in [0, 0.05) is 31.8 Å². The van der Waals surface area contributed by atoms with Crippen molar-refractivity contribution in [2.24, 2.45) is 0 Å². The van der Waals surface area contributed by atoms with Crippen molar-refractivity contribution in [3.8, 4) is 0 Å². The van der Waals surface area contributed by atoms with Crippen molar-refractivity contribution in [3.63, 3.8) is 0 Å². The Hall–Kier alpha value is -2.90. The zero-order valence-corrected chi connectivity index (χ0v) is 14.2. The van der Waals surface area contributed by atoms with Gasteiger partial charge in [-0.2, -0.15) is 4.98 Å². The van der Waals surface area contributed by atoms with Gasteiger partial charge in [-0.15, -0.1) is 0 Å². The Balaban J connectivity index is 1.45. The van der Waals surface area contributed by atoms with Gasteiger partial charge in [-0.1, -0.05) is 5.16 Å². The number of amides is 2. The van der Waals surface area contributed by atoms with Crippen LogP contribution in [0.5, 0.6) is 0 Å². The lowest BCUT2D eigenvalue weighted by molar-refractivity contribution is 0.184. The number of urea groups is 1. The van der Waals surface area contributed by atoms with Crippen molar-refractivity contribution in [2.75, 3.05) is 18.4 Å². The third-order valence-corrected chi connectivity index (χ3v) is 4.35. The van der Waals surface area contributed by atoms with E-state index in [0.29, 0.717) is 42.0 Å². The monoisotopic (exact) mass is 341 g/mol. The first-order valence-corrected chi connectivity index (χ1v) is 8.32. The summed E-state index contributed by atoms with van der Waals surface area (Å²) in [5.74, 6) is 1.91. The van der Waals surface area contributed by atoms with Gasteiger partial charge < -0.3 is 19.2 Å². The van der Waals surface area contributed by atoms with Crippen LogP contribution in [0.1, 0.15) is 36.4 Å². The zero-order valence-electron chi connectivity index (χ0n) is 14.2. The number of nitrogens with one attached hydrogen (secondary N) is 1. The molecule has 1 aliphatic heterocycles. The number of aryl methyl sites for hydroxylation is 2. The number of oxazole rings is 1. The molecule has 0 spiro atoms. The van der Waals surface area contributed by atoms with Crippen molar-refractivity contribution < 1.29 is 13.7 Å². The van der Waals surface area contributed by atoms with Crippen molar-refractivity contribution in [2.45, 2.75) is 32.6 Å². The Morgan fingerprint density at radius 1 is 1.32 bits per heavy atom. The van der Waals surface area contributed by atoms with E-state index in [4.69, 9.17) is 8.94 Å². The van der Waals surface area contributed by atoms with Gasteiger partial charge in [0.1, 0.15) is 5.52 Å². The summed E-state index contributed by atoms with van der Waals surface area (Å²) in [7, 11) is 0. The summed E-state index contributed by atoms with van der Waals surface area (Å²) in [6, 6.07) is 5.31. The molecule has 3 heterocycles. The molecule has 1 N–H and O–H groups in total. The molecule has 8 heteroatoms. The molecule has 0 aliphatic carbocycles. The standard InChI is InChI=1S/C17H19N5O3/c1-10-18-16(25-21-10)12-4-3-7-22(9-12)17(23)20-13-5-6-14-15(8-13)24-11(2)19-14/h5-6,8,12H,3-4,7,9H2,1-2H3,(H,20,23). The van der Waals surface area contributed by atoms with Gasteiger partial charge >= 0.3 is 6.03 Å². The molecule has 2 amide bonds. The number of anilines is 1. The Labute approximate surface area is 144 Å². The molecule has 1 fully saturated rings. The highest BCUT2D eigenvalue weighted by molar-refractivity contribution is 5.91. The molecule has 1 atom stereocenters. The van der Waals surface area contributed by atoms with Gasteiger partial charge in [0.05, 0.1) is 5.92 Å². The van der Waals surface area contributed by atoms with E-state index in [2.05, 4.69) is 20.4 Å². The van der Waals surface area contributed by atoms with Gasteiger partial charge in [-0.25, -0.2) is 9.78 Å². The van der Waals surface area contributed by atoms with E-state index in [9.17, 15) is 4.79 Å². The summed E-state index contributed by atoms with van der Waals surface area (Å²) in [6.45, 7) is 4.86. The second-order valence-electron chi connectivity index (χ2n) is 6.31. The lowest BCUT2D eigenvalue weighted by Gasteiger charge is -2.31. The maximum atomic E-state index is 12.6. The van der Waals surface area contributed by atoms with Gasteiger partial charge in [0.15, 0.2) is 17.3 Å². The molecule has 4 rings (SSSR count). The average Bonchev–Trinajstić information content (AvgIpc) is 3.19. The fourth-order valence-electron chi connectivity index (χ4n) is 3.16. The number of benzene rings is 1. The normalized spacial score (nSPS) is 17.8. The fourth-order valence-corrected chi connectivity index (χ4v) is 3.16. The SMILES string of the molecule is Cc1noc(C2CCCN(C(=O)Nc3ccc4nc(C)oc4c3)C2)n1. The fraction of sp³-hybridized carbons (Fsp3) is 0.412. The van der Waals surface area contributed by atoms with Crippen LogP contribution in [0.3, 0.4) is 0 Å². The summed E-state index contributed by atoms with van der Waals surface area (Å²) >= 11 is 0. The van der Waals surface area contributed by atoms with Crippen molar-refractivity contribution in [1.82, 2.24) is 20.0 Å². The van der Waals surface area contributed by atoms with E-state index in [1.54, 1.807) is 24.8 Å². The summed E-state index contributed by atoms with van der Waals surface area (Å²) in [5, 5.41) is 6.76. The number of carbonyl (C=O) groups is 1. The van der Waals surface area contributed by atoms with Crippen LogP contribution in [0.2, 0.25) is 0 Å². The molecule has 2 aromatic heterocycles. The second kappa shape index (κ2) is 6.19. The Bertz CT molecular complexity index is 916. The molecule has 1 saturated heterocycles. The van der Waals surface area contributed by atoms with Crippen LogP contribution in [0.25, 0.3) is 11.1 Å². The number of likely N-dealkylation sites (tertiary alicyclic amines) is 1. The summed E-state index contributed by atoms with van der Waals surface area (Å²) < 4.78 is 10.8. The Morgan fingerprint density at radius 3 is 3.00 bits per heavy atom. The molecule has 0 saturated carbocycles. The van der Waals surface area contributed by atoms with Crippen molar-refractivity contribution >= 4 is 22.8 Å². The van der Waals surface area contributed by atoms with Crippen LogP contribution in [0.15, 0.2) is 27.1 Å². The number of hydrogen-bond donors (Lipinski definition) is 1. The van der Waals surface area contributed by atoms with Crippen molar-refractivity contribution in [3.05, 3.63) is 35.8 Å². The minimum Gasteiger partial charge on any atom is -0.441 e. The van der Waals surface area contributed by atoms with Crippen LogP contribution in [0, 0.1) is 13.8 Å². The second-order valence-corrected chi connectivity index (χ2v) is 6.31. The number of carbonyl (C=O) groups excluding carboxylic acids is 1. The molecule has 130 valence electrons. The molecule has 8 nitrogen and oxygen atoms in total. The van der Waals surface area contributed by atoms with Crippen LogP contribution >= 0.6 is 0 Å². The first kappa shape index (κ1) is 15.6. The van der Waals surface area contributed by atoms with Crippen LogP contribution in [-0.2, 0) is 0 Å². The predicted octanol–water partition coefficient (Wildman–Crippen LogP) is 3.24. The van der Waals surface area contributed by atoms with Gasteiger partial charge in [0.25, 0.3) is 0 Å². The first-order valence-electron chi connectivity index (χ1n) is 8.32. The Kier molecular flexibility index (Phi) is 3.87. The van der Waals surface area contributed by atoms with E-state index >= 15 is 0 Å². The molecule has 1 aromatic carbocycles. The number of aromatic nitrogens is 3. The van der Waals surface area contributed by atoms with Crippen LogP contribution < -0.4 is 5.32 Å². The van der Waals surface area contributed by atoms with E-state index in [1.165, 1.54) is 0 Å². The summed E-state index contributed by atoms with van der Waals surface area (Å²) in [6.07, 6.45) is 1.84. The number of nitrogens with zero attached hydrogens (tertiary/aromatic N) is 4. The third kappa shape index (κ3) is 3.19. The van der Waals surface area contributed by atoms with E-state index in [1.807, 2.05) is 12.1 Å². The van der Waals surface area contributed by atoms with Crippen LogP contribution in [-0.4, -0.2) is 39.1 Å². The van der Waals surface area contributed by atoms with Gasteiger partial charge in [-0.3, -0.25) is 0 Å². The molecule has 0 radical (unpaired) electrons. The van der Waals surface area contributed by atoms with E-state index in [-0.39, 0.29) is 11.9 Å². The lowest BCUT2D eigenvalue weighted by Crippen LogP contribution is -2.41. The quantitative estimate of drug-likeness (QED) is 0.768. The Morgan fingerprint density at radius 2 is 2.20 bits per heavy atom. The highest BCUT2D eigenvalue weighted by atomic mass is 16.5. The summed E-state index contributed by atoms with van der Waals surface area (Å²) in [5.41, 5.74) is 2.12. The van der Waals surface area contributed by atoms with E-state index in [0.717, 1.165) is 18.4 Å². The number of hydrogen-bond acceptors (Lipinski definition) is 6. The average molecular weight is 341 g/mol. The molecular formula is C17H19N5O3. The predicted molar refractivity (Wildman–Crippen MR) is 90.3 cm³/mol. The zero-order chi connectivity index (χ0) is 17.4. The molecule has 3 aromatic rings. The maximum absolute atomic E-state index is 12.6. The minimum atomic E-state index is -0.142. The summed E-state index contributed by atoms with van der Waals surface area (Å²) in [4.78, 5) is 22.9. The highest BCUT2D eigenvalue weighted by Gasteiger charge is 2.28. The molecule has 25 heavy (non-hydrogen) atoms. The minimum absolute atomic E-state index is 0.0834. The third-order valence-electron chi connectivity index (χ3n) is 4.35. The molecule has 1 aliphatic rings. The largest absolute Gasteiger partial charge is 0.441 e. The molecular weight excluding hydrogens is 322 g/mol. The number of rotatable bonds is 2. The lowest BCUT2D eigenvalue weighted by atomic mass is 9.98. The van der Waals surface area contributed by atoms with Gasteiger partial charge in [-0.05, 0) is 31.9 Å².